The minimum absolute atomic E-state index is 0.137. The van der Waals surface area contributed by atoms with Crippen molar-refractivity contribution < 1.29 is 4.74 Å². The zero-order valence-corrected chi connectivity index (χ0v) is 12.3. The largest absolute Gasteiger partial charge is 0.475 e. The Labute approximate surface area is 120 Å². The second kappa shape index (κ2) is 7.12. The van der Waals surface area contributed by atoms with Gasteiger partial charge in [-0.1, -0.05) is 12.5 Å². The first-order valence-electron chi connectivity index (χ1n) is 7.29. The number of ether oxygens (including phenoxy) is 1. The lowest BCUT2D eigenvalue weighted by Crippen LogP contribution is -2.37. The molecule has 0 amide bonds. The van der Waals surface area contributed by atoms with Crippen LogP contribution in [0, 0.1) is 5.92 Å². The molecule has 2 rings (SSSR count). The van der Waals surface area contributed by atoms with Gasteiger partial charge in [0.2, 0.25) is 5.88 Å². The number of nitrogens with one attached hydrogen (secondary N) is 1. The third-order valence-electron chi connectivity index (χ3n) is 3.38. The van der Waals surface area contributed by atoms with Crippen LogP contribution in [0.1, 0.15) is 38.7 Å². The zero-order chi connectivity index (χ0) is 14.4. The molecule has 0 aromatic carbocycles. The highest BCUT2D eigenvalue weighted by Gasteiger charge is 2.16. The van der Waals surface area contributed by atoms with E-state index in [2.05, 4.69) is 15.3 Å². The van der Waals surface area contributed by atoms with Crippen molar-refractivity contribution in [1.82, 2.24) is 10.3 Å². The Morgan fingerprint density at radius 2 is 2.30 bits per heavy atom. The Morgan fingerprint density at radius 1 is 1.50 bits per heavy atom. The summed E-state index contributed by atoms with van der Waals surface area (Å²) in [6.45, 7) is 5.44. The van der Waals surface area contributed by atoms with Gasteiger partial charge in [-0.15, -0.1) is 0 Å². The second-order valence-corrected chi connectivity index (χ2v) is 5.55. The molecule has 1 heterocycles. The number of aromatic nitrogens is 1. The molecule has 1 aromatic heterocycles. The van der Waals surface area contributed by atoms with Gasteiger partial charge in [0.25, 0.3) is 0 Å². The third kappa shape index (κ3) is 4.72. The lowest BCUT2D eigenvalue weighted by atomic mass is 9.85. The van der Waals surface area contributed by atoms with Crippen LogP contribution in [0.15, 0.2) is 23.3 Å². The number of pyridine rings is 1. The van der Waals surface area contributed by atoms with Crippen molar-refractivity contribution in [2.45, 2.75) is 45.8 Å². The van der Waals surface area contributed by atoms with Crippen LogP contribution < -0.4 is 15.8 Å². The Bertz CT molecular complexity index is 438. The highest BCUT2D eigenvalue weighted by atomic mass is 16.5. The summed E-state index contributed by atoms with van der Waals surface area (Å²) in [4.78, 5) is 8.56. The topological polar surface area (TPSA) is 72.5 Å². The van der Waals surface area contributed by atoms with Crippen molar-refractivity contribution in [3.05, 3.63) is 23.9 Å². The second-order valence-electron chi connectivity index (χ2n) is 5.55. The van der Waals surface area contributed by atoms with Crippen molar-refractivity contribution in [2.24, 2.45) is 16.6 Å². The molecule has 0 radical (unpaired) electrons. The monoisotopic (exact) mass is 276 g/mol. The summed E-state index contributed by atoms with van der Waals surface area (Å²) in [6.07, 6.45) is 5.88. The first kappa shape index (κ1) is 14.6. The SMILES string of the molecule is CC(C)Oc1ccc(CN=C(N)NCC2CCC2)cn1. The summed E-state index contributed by atoms with van der Waals surface area (Å²) in [5, 5.41) is 3.17. The maximum atomic E-state index is 5.84. The smallest absolute Gasteiger partial charge is 0.213 e. The van der Waals surface area contributed by atoms with E-state index in [9.17, 15) is 0 Å². The molecule has 0 atom stereocenters. The van der Waals surface area contributed by atoms with Gasteiger partial charge in [-0.3, -0.25) is 0 Å². The Balaban J connectivity index is 1.76. The summed E-state index contributed by atoms with van der Waals surface area (Å²) in [7, 11) is 0. The van der Waals surface area contributed by atoms with E-state index in [0.717, 1.165) is 18.0 Å². The predicted molar refractivity (Wildman–Crippen MR) is 80.7 cm³/mol. The molecule has 0 bridgehead atoms. The van der Waals surface area contributed by atoms with E-state index in [1.165, 1.54) is 19.3 Å². The fraction of sp³-hybridized carbons (Fsp3) is 0.600. The van der Waals surface area contributed by atoms with Crippen LogP contribution in [0.2, 0.25) is 0 Å². The highest BCUT2D eigenvalue weighted by Crippen LogP contribution is 2.24. The van der Waals surface area contributed by atoms with Crippen molar-refractivity contribution >= 4 is 5.96 Å². The summed E-state index contributed by atoms with van der Waals surface area (Å²) < 4.78 is 5.49. The lowest BCUT2D eigenvalue weighted by Gasteiger charge is -2.25. The van der Waals surface area contributed by atoms with Gasteiger partial charge in [0, 0.05) is 18.8 Å². The molecule has 1 saturated carbocycles. The molecule has 5 nitrogen and oxygen atoms in total. The maximum absolute atomic E-state index is 5.84. The van der Waals surface area contributed by atoms with Gasteiger partial charge in [0.1, 0.15) is 0 Å². The minimum atomic E-state index is 0.137. The number of nitrogens with zero attached hydrogens (tertiary/aromatic N) is 2. The van der Waals surface area contributed by atoms with E-state index >= 15 is 0 Å². The summed E-state index contributed by atoms with van der Waals surface area (Å²) in [5.74, 6) is 1.93. The first-order valence-corrected chi connectivity index (χ1v) is 7.29. The molecule has 5 heteroatoms. The van der Waals surface area contributed by atoms with Gasteiger partial charge in [-0.2, -0.15) is 0 Å². The number of nitrogens with two attached hydrogens (primary N) is 1. The van der Waals surface area contributed by atoms with Crippen LogP contribution >= 0.6 is 0 Å². The third-order valence-corrected chi connectivity index (χ3v) is 3.38. The number of hydrogen-bond acceptors (Lipinski definition) is 3. The average Bonchev–Trinajstić information content (AvgIpc) is 2.35. The first-order chi connectivity index (χ1) is 9.63. The molecule has 1 aliphatic carbocycles. The molecular weight excluding hydrogens is 252 g/mol. The van der Waals surface area contributed by atoms with Gasteiger partial charge < -0.3 is 15.8 Å². The van der Waals surface area contributed by atoms with Gasteiger partial charge in [0.05, 0.1) is 12.6 Å². The van der Waals surface area contributed by atoms with Gasteiger partial charge in [0.15, 0.2) is 5.96 Å². The lowest BCUT2D eigenvalue weighted by molar-refractivity contribution is 0.232. The molecule has 20 heavy (non-hydrogen) atoms. The minimum Gasteiger partial charge on any atom is -0.475 e. The van der Waals surface area contributed by atoms with Crippen LogP contribution in [-0.2, 0) is 6.54 Å². The van der Waals surface area contributed by atoms with Crippen molar-refractivity contribution in [3.8, 4) is 5.88 Å². The summed E-state index contributed by atoms with van der Waals surface area (Å²) in [6, 6.07) is 3.83. The van der Waals surface area contributed by atoms with Crippen molar-refractivity contribution in [1.29, 1.82) is 0 Å². The average molecular weight is 276 g/mol. The molecule has 0 aliphatic heterocycles. The number of hydrogen-bond donors (Lipinski definition) is 2. The van der Waals surface area contributed by atoms with Crippen LogP contribution in [0.5, 0.6) is 5.88 Å². The molecule has 0 saturated heterocycles. The molecule has 110 valence electrons. The van der Waals surface area contributed by atoms with E-state index in [1.807, 2.05) is 26.0 Å². The molecule has 1 fully saturated rings. The maximum Gasteiger partial charge on any atom is 0.213 e. The predicted octanol–water partition coefficient (Wildman–Crippen LogP) is 2.07. The van der Waals surface area contributed by atoms with Crippen LogP contribution in [0.4, 0.5) is 0 Å². The Kier molecular flexibility index (Phi) is 5.21. The van der Waals surface area contributed by atoms with Gasteiger partial charge >= 0.3 is 0 Å². The fourth-order valence-electron chi connectivity index (χ4n) is 1.99. The molecule has 3 N–H and O–H groups in total. The van der Waals surface area contributed by atoms with Crippen LogP contribution in [-0.4, -0.2) is 23.6 Å². The number of aliphatic imine (C=N–C) groups is 1. The van der Waals surface area contributed by atoms with E-state index in [1.54, 1.807) is 6.20 Å². The Hall–Kier alpha value is -1.78. The number of guanidine groups is 1. The van der Waals surface area contributed by atoms with E-state index in [0.29, 0.717) is 18.4 Å². The molecule has 0 spiro atoms. The quantitative estimate of drug-likeness (QED) is 0.616. The highest BCUT2D eigenvalue weighted by molar-refractivity contribution is 5.77. The van der Waals surface area contributed by atoms with Gasteiger partial charge in [-0.05, 0) is 38.2 Å². The van der Waals surface area contributed by atoms with Gasteiger partial charge in [-0.25, -0.2) is 9.98 Å². The molecule has 1 aromatic rings. The summed E-state index contributed by atoms with van der Waals surface area (Å²) >= 11 is 0. The van der Waals surface area contributed by atoms with E-state index in [4.69, 9.17) is 10.5 Å². The van der Waals surface area contributed by atoms with Crippen molar-refractivity contribution in [2.75, 3.05) is 6.54 Å². The standard InChI is InChI=1S/C15H24N4O/c1-11(2)20-14-7-6-13(9-17-14)10-19-15(16)18-8-12-4-3-5-12/h6-7,9,11-12H,3-5,8,10H2,1-2H3,(H3,16,18,19). The summed E-state index contributed by atoms with van der Waals surface area (Å²) in [5.41, 5.74) is 6.86. The molecule has 0 unspecified atom stereocenters. The van der Waals surface area contributed by atoms with Crippen molar-refractivity contribution in [3.63, 3.8) is 0 Å². The molecule has 1 aliphatic rings. The van der Waals surface area contributed by atoms with E-state index in [-0.39, 0.29) is 6.10 Å². The Morgan fingerprint density at radius 3 is 2.85 bits per heavy atom. The normalized spacial score (nSPS) is 16.1. The zero-order valence-electron chi connectivity index (χ0n) is 12.3. The van der Waals surface area contributed by atoms with Crippen LogP contribution in [0.3, 0.4) is 0 Å². The molecular formula is C15H24N4O. The fourth-order valence-corrected chi connectivity index (χ4v) is 1.99. The van der Waals surface area contributed by atoms with Crippen LogP contribution in [0.25, 0.3) is 0 Å². The van der Waals surface area contributed by atoms with E-state index < -0.39 is 0 Å². The number of rotatable bonds is 6.